The fourth-order valence-electron chi connectivity index (χ4n) is 5.16. The third-order valence-corrected chi connectivity index (χ3v) is 7.87. The number of benzene rings is 1. The average Bonchev–Trinajstić information content (AvgIpc) is 3.52. The maximum absolute atomic E-state index is 13.8. The number of allylic oxidation sites excluding steroid dienone is 1. The molecule has 4 aromatic rings. The molecule has 0 fully saturated rings. The summed E-state index contributed by atoms with van der Waals surface area (Å²) in [6.07, 6.45) is 6.80. The molecule has 12 nitrogen and oxygen atoms in total. The van der Waals surface area contributed by atoms with E-state index in [9.17, 15) is 23.5 Å². The number of nitrogens with two attached hydrogens (primary N) is 1. The predicted octanol–water partition coefficient (Wildman–Crippen LogP) is 4.10. The highest BCUT2D eigenvalue weighted by atomic mass is 35.5. The van der Waals surface area contributed by atoms with Crippen molar-refractivity contribution in [1.29, 1.82) is 0 Å². The molecule has 5 rings (SSSR count). The summed E-state index contributed by atoms with van der Waals surface area (Å²) in [6, 6.07) is 8.75. The van der Waals surface area contributed by atoms with E-state index >= 15 is 0 Å². The number of nitrogens with one attached hydrogen (secondary N) is 1. The second-order valence-electron chi connectivity index (χ2n) is 11.4. The molecule has 0 aliphatic carbocycles. The summed E-state index contributed by atoms with van der Waals surface area (Å²) in [5.74, 6) is -0.881. The molecule has 15 heteroatoms. The first-order valence-corrected chi connectivity index (χ1v) is 14.8. The number of carbonyl (C=O) groups is 1. The number of amides is 1. The summed E-state index contributed by atoms with van der Waals surface area (Å²) >= 11 is 6.33. The Morgan fingerprint density at radius 3 is 2.63 bits per heavy atom. The molecule has 4 N–H and O–H groups in total. The lowest BCUT2D eigenvalue weighted by atomic mass is 9.96. The van der Waals surface area contributed by atoms with Gasteiger partial charge in [0.1, 0.15) is 11.3 Å². The number of carbonyl (C=O) groups excluding carboxylic acids is 1. The lowest BCUT2D eigenvalue weighted by molar-refractivity contribution is -0.123. The molecule has 3 aromatic heterocycles. The Bertz CT molecular complexity index is 1880. The van der Waals surface area contributed by atoms with E-state index in [1.807, 2.05) is 0 Å². The Kier molecular flexibility index (Phi) is 9.39. The van der Waals surface area contributed by atoms with E-state index in [-0.39, 0.29) is 17.0 Å². The zero-order chi connectivity index (χ0) is 33.2. The van der Waals surface area contributed by atoms with Crippen molar-refractivity contribution < 1.29 is 18.7 Å². The third-order valence-electron chi connectivity index (χ3n) is 7.64. The van der Waals surface area contributed by atoms with Crippen LogP contribution in [0.4, 0.5) is 8.78 Å². The van der Waals surface area contributed by atoms with Crippen LogP contribution in [0.25, 0.3) is 16.9 Å². The highest BCUT2D eigenvalue weighted by Crippen LogP contribution is 2.30. The maximum Gasteiger partial charge on any atom is 0.332 e. The van der Waals surface area contributed by atoms with Crippen LogP contribution in [0.5, 0.6) is 0 Å². The van der Waals surface area contributed by atoms with E-state index in [2.05, 4.69) is 30.6 Å². The van der Waals surface area contributed by atoms with Crippen molar-refractivity contribution in [1.82, 2.24) is 34.8 Å². The van der Waals surface area contributed by atoms with Crippen LogP contribution >= 0.6 is 11.6 Å². The molecule has 1 aliphatic heterocycles. The molecule has 4 heterocycles. The van der Waals surface area contributed by atoms with Crippen molar-refractivity contribution >= 4 is 23.2 Å². The number of hydrogen-bond acceptors (Lipinski definition) is 9. The monoisotopic (exact) mass is 651 g/mol. The molecule has 0 saturated carbocycles. The number of alkyl halides is 2. The number of aliphatic hydroxyl groups is 1. The van der Waals surface area contributed by atoms with Crippen LogP contribution in [-0.2, 0) is 10.4 Å². The highest BCUT2D eigenvalue weighted by molar-refractivity contribution is 6.31. The quantitative estimate of drug-likeness (QED) is 0.271. The van der Waals surface area contributed by atoms with Crippen LogP contribution in [0, 0.1) is 5.92 Å². The van der Waals surface area contributed by atoms with Crippen LogP contribution < -0.4 is 16.6 Å². The molecule has 0 radical (unpaired) electrons. The molecule has 2 atom stereocenters. The van der Waals surface area contributed by atoms with Gasteiger partial charge in [-0.05, 0) is 57.0 Å². The lowest BCUT2D eigenvalue weighted by Crippen LogP contribution is -2.34. The molecular weight excluding hydrogens is 620 g/mol. The fraction of sp³-hybridized carbons (Fsp3) is 0.323. The van der Waals surface area contributed by atoms with Gasteiger partial charge in [-0.15, -0.1) is 5.10 Å². The number of aromatic nitrogens is 6. The summed E-state index contributed by atoms with van der Waals surface area (Å²) < 4.78 is 30.0. The van der Waals surface area contributed by atoms with Gasteiger partial charge in [-0.3, -0.25) is 19.1 Å². The minimum absolute atomic E-state index is 0.0611. The van der Waals surface area contributed by atoms with Gasteiger partial charge >= 0.3 is 6.55 Å². The van der Waals surface area contributed by atoms with Crippen molar-refractivity contribution in [2.45, 2.75) is 58.2 Å². The van der Waals surface area contributed by atoms with Gasteiger partial charge in [0.05, 0.1) is 47.0 Å². The SMILES string of the molecule is CC1CCCC(n2cnc(-c3cc(Cl)ccc3-n3cc(C(C)(C)O)nn3)cc2=O)c2cc(ccn2)C(=NC(F)F)C(=CN)NC1=O. The third kappa shape index (κ3) is 7.02. The van der Waals surface area contributed by atoms with Gasteiger partial charge in [-0.25, -0.2) is 14.7 Å². The molecular formula is C31H32ClF2N9O3. The zero-order valence-corrected chi connectivity index (χ0v) is 26.0. The normalized spacial score (nSPS) is 19.6. The minimum atomic E-state index is -3.07. The van der Waals surface area contributed by atoms with Gasteiger partial charge < -0.3 is 16.2 Å². The Balaban J connectivity index is 1.59. The van der Waals surface area contributed by atoms with Crippen molar-refractivity contribution in [3.05, 3.63) is 99.3 Å². The number of aliphatic imine (C=N–C) groups is 1. The van der Waals surface area contributed by atoms with Gasteiger partial charge in [0.25, 0.3) is 5.56 Å². The highest BCUT2D eigenvalue weighted by Gasteiger charge is 2.25. The van der Waals surface area contributed by atoms with Crippen molar-refractivity contribution in [2.75, 3.05) is 0 Å². The summed E-state index contributed by atoms with van der Waals surface area (Å²) in [6.45, 7) is 1.83. The Hall–Kier alpha value is -4.82. The van der Waals surface area contributed by atoms with E-state index in [0.717, 1.165) is 6.20 Å². The molecule has 2 bridgehead atoms. The van der Waals surface area contributed by atoms with E-state index in [0.29, 0.717) is 52.6 Å². The van der Waals surface area contributed by atoms with E-state index in [4.69, 9.17) is 17.3 Å². The first kappa shape index (κ1) is 32.6. The second-order valence-corrected chi connectivity index (χ2v) is 11.9. The largest absolute Gasteiger partial charge is 0.403 e. The standard InChI is InChI=1S/C31H32ClF2N9O3/c1-17-5-4-6-25(22-11-18(9-10-36-22)28(39-30(33)34)23(14-35)38-29(17)45)42-16-37-21(13-27(42)44)20-12-19(32)7-8-24(20)43-15-26(40-41-43)31(2,3)46/h7-17,25,30,46H,4-6,35H2,1-3H3,(H,38,45). The maximum atomic E-state index is 13.8. The first-order valence-electron chi connectivity index (χ1n) is 14.4. The average molecular weight is 652 g/mol. The molecule has 240 valence electrons. The first-order chi connectivity index (χ1) is 21.8. The number of pyridine rings is 1. The smallest absolute Gasteiger partial charge is 0.332 e. The summed E-state index contributed by atoms with van der Waals surface area (Å²) in [4.78, 5) is 39.2. The van der Waals surface area contributed by atoms with Crippen LogP contribution in [0.3, 0.4) is 0 Å². The zero-order valence-electron chi connectivity index (χ0n) is 25.2. The van der Waals surface area contributed by atoms with Crippen molar-refractivity contribution in [3.8, 4) is 16.9 Å². The molecule has 0 spiro atoms. The lowest BCUT2D eigenvalue weighted by Gasteiger charge is -2.23. The summed E-state index contributed by atoms with van der Waals surface area (Å²) in [7, 11) is 0. The van der Waals surface area contributed by atoms with Crippen LogP contribution in [0.1, 0.15) is 63.0 Å². The summed E-state index contributed by atoms with van der Waals surface area (Å²) in [5, 5.41) is 21.6. The Morgan fingerprint density at radius 2 is 1.96 bits per heavy atom. The Morgan fingerprint density at radius 1 is 1.17 bits per heavy atom. The van der Waals surface area contributed by atoms with Crippen molar-refractivity contribution in [3.63, 3.8) is 0 Å². The number of halogens is 3. The van der Waals surface area contributed by atoms with Crippen LogP contribution in [-0.4, -0.2) is 52.8 Å². The van der Waals surface area contributed by atoms with Crippen molar-refractivity contribution in [2.24, 2.45) is 16.6 Å². The molecule has 46 heavy (non-hydrogen) atoms. The van der Waals surface area contributed by atoms with Gasteiger partial charge in [0.2, 0.25) is 5.91 Å². The van der Waals surface area contributed by atoms with E-state index < -0.39 is 35.6 Å². The summed E-state index contributed by atoms with van der Waals surface area (Å²) in [5.41, 5.74) is 6.16. The molecule has 1 amide bonds. The molecule has 1 aromatic carbocycles. The molecule has 1 aliphatic rings. The number of rotatable bonds is 5. The number of fused-ring (bicyclic) bond motifs is 2. The van der Waals surface area contributed by atoms with E-state index in [1.165, 1.54) is 33.9 Å². The van der Waals surface area contributed by atoms with Gasteiger partial charge in [0.15, 0.2) is 0 Å². The predicted molar refractivity (Wildman–Crippen MR) is 167 cm³/mol. The second kappa shape index (κ2) is 13.3. The van der Waals surface area contributed by atoms with Gasteiger partial charge in [-0.1, -0.05) is 30.2 Å². The van der Waals surface area contributed by atoms with Crippen LogP contribution in [0.15, 0.2) is 76.8 Å². The van der Waals surface area contributed by atoms with Crippen LogP contribution in [0.2, 0.25) is 5.02 Å². The fourth-order valence-corrected chi connectivity index (χ4v) is 5.33. The Labute approximate surface area is 267 Å². The number of hydrogen-bond donors (Lipinski definition) is 3. The minimum Gasteiger partial charge on any atom is -0.403 e. The molecule has 0 saturated heterocycles. The topological polar surface area (TPSA) is 166 Å². The van der Waals surface area contributed by atoms with E-state index in [1.54, 1.807) is 51.2 Å². The molecule has 2 unspecified atom stereocenters. The van der Waals surface area contributed by atoms with Gasteiger partial charge in [0, 0.05) is 40.5 Å². The van der Waals surface area contributed by atoms with Gasteiger partial charge in [-0.2, -0.15) is 8.78 Å². The number of nitrogens with zero attached hydrogens (tertiary/aromatic N) is 7.